The second kappa shape index (κ2) is 6.05. The molecule has 5 heteroatoms. The van der Waals surface area contributed by atoms with Gasteiger partial charge in [-0.25, -0.2) is 4.98 Å². The maximum absolute atomic E-state index is 10.8. The Morgan fingerprint density at radius 1 is 1.35 bits per heavy atom. The smallest absolute Gasteiger partial charge is 0.305 e. The first kappa shape index (κ1) is 14.5. The third-order valence-electron chi connectivity index (χ3n) is 3.43. The Balaban J connectivity index is 2.46. The second-order valence-electron chi connectivity index (χ2n) is 4.89. The molecule has 0 saturated heterocycles. The number of aliphatic carboxylic acids is 1. The summed E-state index contributed by atoms with van der Waals surface area (Å²) < 4.78 is 7.38. The fraction of sp³-hybridized carbons (Fsp3) is 0.467. The van der Waals surface area contributed by atoms with Gasteiger partial charge < -0.3 is 14.4 Å². The molecular formula is C15H20N2O3. The summed E-state index contributed by atoms with van der Waals surface area (Å²) >= 11 is 0. The van der Waals surface area contributed by atoms with Gasteiger partial charge >= 0.3 is 5.97 Å². The molecule has 1 aromatic carbocycles. The Hall–Kier alpha value is -1.88. The molecule has 2 aromatic rings. The first-order chi connectivity index (χ1) is 9.52. The number of ether oxygens (including phenoxy) is 1. The first-order valence-electron chi connectivity index (χ1n) is 6.78. The summed E-state index contributed by atoms with van der Waals surface area (Å²) in [6, 6.07) is 4.10. The molecule has 0 atom stereocenters. The molecule has 0 bridgehead atoms. The summed E-state index contributed by atoms with van der Waals surface area (Å²) in [5, 5.41) is 8.89. The average Bonchev–Trinajstić information content (AvgIpc) is 2.71. The normalized spacial score (nSPS) is 11.2. The quantitative estimate of drug-likeness (QED) is 0.881. The number of carboxylic acids is 1. The van der Waals surface area contributed by atoms with Crippen LogP contribution in [-0.2, 0) is 22.7 Å². The monoisotopic (exact) mass is 276 g/mol. The van der Waals surface area contributed by atoms with E-state index < -0.39 is 5.97 Å². The number of hydrogen-bond donors (Lipinski definition) is 1. The number of aryl methyl sites for hydroxylation is 3. The molecule has 1 N–H and O–H groups in total. The molecule has 0 aliphatic carbocycles. The minimum atomic E-state index is -0.807. The van der Waals surface area contributed by atoms with E-state index in [1.165, 1.54) is 11.1 Å². The highest BCUT2D eigenvalue weighted by molar-refractivity contribution is 5.78. The lowest BCUT2D eigenvalue weighted by molar-refractivity contribution is -0.137. The van der Waals surface area contributed by atoms with Crippen molar-refractivity contribution < 1.29 is 14.6 Å². The maximum Gasteiger partial charge on any atom is 0.305 e. The van der Waals surface area contributed by atoms with Crippen molar-refractivity contribution in [1.29, 1.82) is 0 Å². The molecule has 0 radical (unpaired) electrons. The molecule has 0 aliphatic rings. The largest absolute Gasteiger partial charge is 0.481 e. The third-order valence-corrected chi connectivity index (χ3v) is 3.43. The molecule has 1 heterocycles. The molecule has 2 rings (SSSR count). The summed E-state index contributed by atoms with van der Waals surface area (Å²) in [5.74, 6) is -0.0221. The van der Waals surface area contributed by atoms with E-state index in [0.717, 1.165) is 16.9 Å². The van der Waals surface area contributed by atoms with Gasteiger partial charge in [0.2, 0.25) is 0 Å². The fourth-order valence-electron chi connectivity index (χ4n) is 2.19. The van der Waals surface area contributed by atoms with Gasteiger partial charge in [0.15, 0.2) is 0 Å². The molecule has 0 saturated carbocycles. The van der Waals surface area contributed by atoms with Crippen molar-refractivity contribution in [2.75, 3.05) is 6.61 Å². The predicted molar refractivity (Wildman–Crippen MR) is 76.8 cm³/mol. The van der Waals surface area contributed by atoms with Gasteiger partial charge in [-0.2, -0.15) is 0 Å². The van der Waals surface area contributed by atoms with E-state index in [1.807, 2.05) is 31.4 Å². The molecule has 0 spiro atoms. The van der Waals surface area contributed by atoms with Crippen LogP contribution in [0.2, 0.25) is 0 Å². The number of rotatable bonds is 6. The number of fused-ring (bicyclic) bond motifs is 1. The van der Waals surface area contributed by atoms with Crippen molar-refractivity contribution in [3.63, 3.8) is 0 Å². The van der Waals surface area contributed by atoms with Crippen molar-refractivity contribution in [3.8, 4) is 0 Å². The summed E-state index contributed by atoms with van der Waals surface area (Å²) in [4.78, 5) is 15.4. The van der Waals surface area contributed by atoms with Crippen molar-refractivity contribution in [1.82, 2.24) is 9.55 Å². The zero-order chi connectivity index (χ0) is 14.7. The van der Waals surface area contributed by atoms with Crippen LogP contribution in [0.4, 0.5) is 0 Å². The van der Waals surface area contributed by atoms with E-state index in [9.17, 15) is 4.79 Å². The second-order valence-corrected chi connectivity index (χ2v) is 4.89. The zero-order valence-electron chi connectivity index (χ0n) is 12.1. The minimum absolute atomic E-state index is 0.0809. The number of benzene rings is 1. The van der Waals surface area contributed by atoms with E-state index in [0.29, 0.717) is 19.8 Å². The van der Waals surface area contributed by atoms with Gasteiger partial charge in [0.05, 0.1) is 17.5 Å². The highest BCUT2D eigenvalue weighted by atomic mass is 16.5. The van der Waals surface area contributed by atoms with Crippen LogP contribution in [0.25, 0.3) is 11.0 Å². The number of nitrogens with zero attached hydrogens (tertiary/aromatic N) is 2. The maximum atomic E-state index is 10.8. The Labute approximate surface area is 118 Å². The number of aromatic nitrogens is 2. The number of carboxylic acid groups (broad SMARTS) is 1. The van der Waals surface area contributed by atoms with E-state index in [2.05, 4.69) is 11.1 Å². The van der Waals surface area contributed by atoms with Crippen LogP contribution in [0.3, 0.4) is 0 Å². The van der Waals surface area contributed by atoms with Gasteiger partial charge in [0.25, 0.3) is 0 Å². The van der Waals surface area contributed by atoms with Gasteiger partial charge in [-0.3, -0.25) is 4.79 Å². The molecule has 5 nitrogen and oxygen atoms in total. The van der Waals surface area contributed by atoms with Crippen molar-refractivity contribution in [3.05, 3.63) is 29.1 Å². The lowest BCUT2D eigenvalue weighted by Crippen LogP contribution is -2.09. The van der Waals surface area contributed by atoms with Crippen LogP contribution in [0.15, 0.2) is 12.1 Å². The molecule has 1 aromatic heterocycles. The van der Waals surface area contributed by atoms with E-state index in [-0.39, 0.29) is 6.42 Å². The molecule has 0 aliphatic heterocycles. The molecule has 0 unspecified atom stereocenters. The zero-order valence-corrected chi connectivity index (χ0v) is 12.1. The lowest BCUT2D eigenvalue weighted by Gasteiger charge is -2.08. The van der Waals surface area contributed by atoms with Crippen molar-refractivity contribution >= 4 is 17.0 Å². The molecule has 108 valence electrons. The third kappa shape index (κ3) is 2.99. The van der Waals surface area contributed by atoms with Gasteiger partial charge in [-0.1, -0.05) is 0 Å². The van der Waals surface area contributed by atoms with E-state index in [1.54, 1.807) is 0 Å². The summed E-state index contributed by atoms with van der Waals surface area (Å²) in [5.41, 5.74) is 4.23. The van der Waals surface area contributed by atoms with Gasteiger partial charge in [-0.15, -0.1) is 0 Å². The van der Waals surface area contributed by atoms with Crippen molar-refractivity contribution in [2.24, 2.45) is 0 Å². The summed E-state index contributed by atoms with van der Waals surface area (Å²) in [7, 11) is 0. The standard InChI is InChI=1S/C15H20N2O3/c1-4-20-9-14-16-12-7-10(2)11(3)8-13(12)17(14)6-5-15(18)19/h7-8H,4-6,9H2,1-3H3,(H,18,19). The lowest BCUT2D eigenvalue weighted by atomic mass is 10.1. The Morgan fingerprint density at radius 2 is 2.05 bits per heavy atom. The van der Waals surface area contributed by atoms with Gasteiger partial charge in [0, 0.05) is 13.2 Å². The average molecular weight is 276 g/mol. The first-order valence-corrected chi connectivity index (χ1v) is 6.78. The Bertz CT molecular complexity index is 632. The van der Waals surface area contributed by atoms with Gasteiger partial charge in [0.1, 0.15) is 12.4 Å². The highest BCUT2D eigenvalue weighted by Gasteiger charge is 2.13. The SMILES string of the molecule is CCOCc1nc2cc(C)c(C)cc2n1CCC(=O)O. The summed E-state index contributed by atoms with van der Waals surface area (Å²) in [6.07, 6.45) is 0.0809. The molecule has 0 amide bonds. The van der Waals surface area contributed by atoms with Crippen LogP contribution in [-0.4, -0.2) is 27.2 Å². The molecular weight excluding hydrogens is 256 g/mol. The number of carbonyl (C=O) groups is 1. The topological polar surface area (TPSA) is 64.4 Å². The molecule has 0 fully saturated rings. The number of imidazole rings is 1. The highest BCUT2D eigenvalue weighted by Crippen LogP contribution is 2.21. The van der Waals surface area contributed by atoms with Crippen LogP contribution in [0.5, 0.6) is 0 Å². The van der Waals surface area contributed by atoms with Crippen LogP contribution in [0, 0.1) is 13.8 Å². The van der Waals surface area contributed by atoms with E-state index in [4.69, 9.17) is 9.84 Å². The van der Waals surface area contributed by atoms with Crippen molar-refractivity contribution in [2.45, 2.75) is 40.3 Å². The number of hydrogen-bond acceptors (Lipinski definition) is 3. The Kier molecular flexibility index (Phi) is 4.39. The van der Waals surface area contributed by atoms with Crippen LogP contribution in [0.1, 0.15) is 30.3 Å². The summed E-state index contributed by atoms with van der Waals surface area (Å²) in [6.45, 7) is 7.46. The van der Waals surface area contributed by atoms with Gasteiger partial charge in [-0.05, 0) is 44.0 Å². The fourth-order valence-corrected chi connectivity index (χ4v) is 2.19. The predicted octanol–water partition coefficient (Wildman–Crippen LogP) is 2.66. The minimum Gasteiger partial charge on any atom is -0.481 e. The molecule has 20 heavy (non-hydrogen) atoms. The van der Waals surface area contributed by atoms with E-state index >= 15 is 0 Å². The van der Waals surface area contributed by atoms with Crippen LogP contribution >= 0.6 is 0 Å². The Morgan fingerprint density at radius 3 is 2.70 bits per heavy atom. The van der Waals surface area contributed by atoms with Crippen LogP contribution < -0.4 is 0 Å².